The van der Waals surface area contributed by atoms with E-state index in [0.717, 1.165) is 21.9 Å². The van der Waals surface area contributed by atoms with Gasteiger partial charge in [0.05, 0.1) is 17.6 Å². The molecule has 2 rings (SSSR count). The van der Waals surface area contributed by atoms with E-state index in [1.807, 2.05) is 49.4 Å². The topological polar surface area (TPSA) is 66.5 Å². The molecular formula is C20H26N2O3S2. The summed E-state index contributed by atoms with van der Waals surface area (Å²) in [4.78, 5) is 13.3. The molecule has 0 aromatic heterocycles. The van der Waals surface area contributed by atoms with Gasteiger partial charge in [-0.05, 0) is 42.9 Å². The zero-order chi connectivity index (χ0) is 19.9. The highest BCUT2D eigenvalue weighted by Gasteiger charge is 2.19. The van der Waals surface area contributed by atoms with Crippen molar-refractivity contribution in [2.75, 3.05) is 28.2 Å². The van der Waals surface area contributed by atoms with Crippen LogP contribution in [0.15, 0.2) is 53.4 Å². The number of thioether (sulfide) groups is 1. The van der Waals surface area contributed by atoms with E-state index < -0.39 is 10.0 Å². The maximum atomic E-state index is 12.3. The molecule has 0 spiro atoms. The predicted octanol–water partition coefficient (Wildman–Crippen LogP) is 4.29. The molecule has 5 nitrogen and oxygen atoms in total. The third-order valence-corrected chi connectivity index (χ3v) is 6.15. The second kappa shape index (κ2) is 9.80. The van der Waals surface area contributed by atoms with Crippen LogP contribution in [0.25, 0.3) is 0 Å². The average molecular weight is 407 g/mol. The summed E-state index contributed by atoms with van der Waals surface area (Å²) in [5.41, 5.74) is 2.34. The SMILES string of the molecule is CCSc1ccccc1NC(=O)CCCN(c1ccccc1C)S(C)(=O)=O. The summed E-state index contributed by atoms with van der Waals surface area (Å²) in [6.45, 7) is 4.21. The van der Waals surface area contributed by atoms with Crippen molar-refractivity contribution >= 4 is 39.1 Å². The van der Waals surface area contributed by atoms with Crippen LogP contribution in [0.1, 0.15) is 25.3 Å². The van der Waals surface area contributed by atoms with E-state index in [9.17, 15) is 13.2 Å². The fraction of sp³-hybridized carbons (Fsp3) is 0.350. The number of carbonyl (C=O) groups excluding carboxylic acids is 1. The normalized spacial score (nSPS) is 11.2. The van der Waals surface area contributed by atoms with E-state index >= 15 is 0 Å². The summed E-state index contributed by atoms with van der Waals surface area (Å²) in [6, 6.07) is 15.0. The van der Waals surface area contributed by atoms with Gasteiger partial charge in [0.25, 0.3) is 0 Å². The van der Waals surface area contributed by atoms with E-state index in [1.165, 1.54) is 10.6 Å². The van der Waals surface area contributed by atoms with E-state index in [-0.39, 0.29) is 18.9 Å². The third-order valence-electron chi connectivity index (χ3n) is 4.01. The number of amides is 1. The number of nitrogens with zero attached hydrogens (tertiary/aromatic N) is 1. The maximum absolute atomic E-state index is 12.3. The van der Waals surface area contributed by atoms with Crippen LogP contribution in [0.4, 0.5) is 11.4 Å². The monoisotopic (exact) mass is 406 g/mol. The number of carbonyl (C=O) groups is 1. The molecule has 0 aliphatic heterocycles. The van der Waals surface area contributed by atoms with Crippen molar-refractivity contribution in [1.82, 2.24) is 0 Å². The van der Waals surface area contributed by atoms with Crippen LogP contribution >= 0.6 is 11.8 Å². The lowest BCUT2D eigenvalue weighted by molar-refractivity contribution is -0.116. The first-order valence-electron chi connectivity index (χ1n) is 8.88. The average Bonchev–Trinajstić information content (AvgIpc) is 2.60. The zero-order valence-electron chi connectivity index (χ0n) is 15.9. The van der Waals surface area contributed by atoms with Crippen molar-refractivity contribution < 1.29 is 13.2 Å². The van der Waals surface area contributed by atoms with Gasteiger partial charge in [-0.1, -0.05) is 37.3 Å². The van der Waals surface area contributed by atoms with Crippen LogP contribution in [0.5, 0.6) is 0 Å². The number of nitrogens with one attached hydrogen (secondary N) is 1. The van der Waals surface area contributed by atoms with E-state index in [1.54, 1.807) is 17.8 Å². The van der Waals surface area contributed by atoms with Gasteiger partial charge in [-0.15, -0.1) is 11.8 Å². The highest BCUT2D eigenvalue weighted by atomic mass is 32.2. The molecule has 2 aromatic rings. The molecule has 1 amide bonds. The van der Waals surface area contributed by atoms with Gasteiger partial charge >= 0.3 is 0 Å². The van der Waals surface area contributed by atoms with E-state index in [0.29, 0.717) is 12.1 Å². The lowest BCUT2D eigenvalue weighted by Crippen LogP contribution is -2.32. The van der Waals surface area contributed by atoms with Crippen LogP contribution in [0.2, 0.25) is 0 Å². The quantitative estimate of drug-likeness (QED) is 0.631. The molecule has 0 unspecified atom stereocenters. The largest absolute Gasteiger partial charge is 0.325 e. The second-order valence-corrected chi connectivity index (χ2v) is 9.42. The predicted molar refractivity (Wildman–Crippen MR) is 114 cm³/mol. The fourth-order valence-corrected chi connectivity index (χ4v) is 4.54. The maximum Gasteiger partial charge on any atom is 0.232 e. The Labute approximate surface area is 166 Å². The second-order valence-electron chi connectivity index (χ2n) is 6.20. The van der Waals surface area contributed by atoms with Crippen LogP contribution < -0.4 is 9.62 Å². The van der Waals surface area contributed by atoms with Gasteiger partial charge in [0.1, 0.15) is 0 Å². The van der Waals surface area contributed by atoms with Crippen LogP contribution in [0.3, 0.4) is 0 Å². The summed E-state index contributed by atoms with van der Waals surface area (Å²) in [6.07, 6.45) is 1.89. The summed E-state index contributed by atoms with van der Waals surface area (Å²) < 4.78 is 25.8. The molecule has 1 N–H and O–H groups in total. The van der Waals surface area contributed by atoms with Gasteiger partial charge in [0.2, 0.25) is 15.9 Å². The highest BCUT2D eigenvalue weighted by molar-refractivity contribution is 7.99. The van der Waals surface area contributed by atoms with Crippen molar-refractivity contribution in [3.8, 4) is 0 Å². The Morgan fingerprint density at radius 2 is 1.78 bits per heavy atom. The number of hydrogen-bond donors (Lipinski definition) is 1. The lowest BCUT2D eigenvalue weighted by Gasteiger charge is -2.24. The minimum absolute atomic E-state index is 0.114. The Hall–Kier alpha value is -1.99. The third kappa shape index (κ3) is 6.29. The van der Waals surface area contributed by atoms with Crippen molar-refractivity contribution in [2.45, 2.75) is 31.6 Å². The molecule has 2 aromatic carbocycles. The molecular weight excluding hydrogens is 380 g/mol. The van der Waals surface area contributed by atoms with Crippen molar-refractivity contribution in [1.29, 1.82) is 0 Å². The number of benzene rings is 2. The van der Waals surface area contributed by atoms with Crippen LogP contribution in [-0.2, 0) is 14.8 Å². The number of sulfonamides is 1. The zero-order valence-corrected chi connectivity index (χ0v) is 17.6. The summed E-state index contributed by atoms with van der Waals surface area (Å²) in [5.74, 6) is 0.810. The van der Waals surface area contributed by atoms with Gasteiger partial charge in [0.15, 0.2) is 0 Å². The van der Waals surface area contributed by atoms with Gasteiger partial charge in [-0.25, -0.2) is 8.42 Å². The van der Waals surface area contributed by atoms with Gasteiger partial charge in [-0.3, -0.25) is 9.10 Å². The Kier molecular flexibility index (Phi) is 7.74. The Balaban J connectivity index is 1.99. The Bertz CT molecular complexity index is 882. The van der Waals surface area contributed by atoms with Crippen molar-refractivity contribution in [3.05, 3.63) is 54.1 Å². The molecule has 0 saturated carbocycles. The summed E-state index contributed by atoms with van der Waals surface area (Å²) in [7, 11) is -3.41. The highest BCUT2D eigenvalue weighted by Crippen LogP contribution is 2.27. The number of aryl methyl sites for hydroxylation is 1. The minimum Gasteiger partial charge on any atom is -0.325 e. The molecule has 146 valence electrons. The van der Waals surface area contributed by atoms with Crippen molar-refractivity contribution in [2.24, 2.45) is 0 Å². The number of rotatable bonds is 9. The van der Waals surface area contributed by atoms with E-state index in [4.69, 9.17) is 0 Å². The van der Waals surface area contributed by atoms with Crippen LogP contribution in [-0.4, -0.2) is 32.9 Å². The van der Waals surface area contributed by atoms with Crippen molar-refractivity contribution in [3.63, 3.8) is 0 Å². The number of hydrogen-bond acceptors (Lipinski definition) is 4. The molecule has 0 fully saturated rings. The number of para-hydroxylation sites is 2. The van der Waals surface area contributed by atoms with E-state index in [2.05, 4.69) is 12.2 Å². The molecule has 0 aliphatic rings. The molecule has 0 aliphatic carbocycles. The lowest BCUT2D eigenvalue weighted by atomic mass is 10.2. The molecule has 27 heavy (non-hydrogen) atoms. The first-order chi connectivity index (χ1) is 12.8. The molecule has 0 atom stereocenters. The first kappa shape index (κ1) is 21.3. The Morgan fingerprint density at radius 3 is 2.44 bits per heavy atom. The van der Waals surface area contributed by atoms with Crippen LogP contribution in [0, 0.1) is 6.92 Å². The first-order valence-corrected chi connectivity index (χ1v) is 11.7. The summed E-state index contributed by atoms with van der Waals surface area (Å²) in [5, 5.41) is 2.93. The molecule has 7 heteroatoms. The van der Waals surface area contributed by atoms with Gasteiger partial charge in [0, 0.05) is 17.9 Å². The molecule has 0 bridgehead atoms. The Morgan fingerprint density at radius 1 is 1.11 bits per heavy atom. The summed E-state index contributed by atoms with van der Waals surface area (Å²) >= 11 is 1.67. The minimum atomic E-state index is -3.41. The standard InChI is InChI=1S/C20H26N2O3S2/c1-4-26-19-13-8-6-11-17(19)21-20(23)14-9-15-22(27(3,24)25)18-12-7-5-10-16(18)2/h5-8,10-13H,4,9,14-15H2,1-3H3,(H,21,23). The molecule has 0 heterocycles. The number of anilines is 2. The fourth-order valence-electron chi connectivity index (χ4n) is 2.76. The van der Waals surface area contributed by atoms with Gasteiger partial charge in [-0.2, -0.15) is 0 Å². The van der Waals surface area contributed by atoms with Gasteiger partial charge < -0.3 is 5.32 Å². The smallest absolute Gasteiger partial charge is 0.232 e. The molecule has 0 radical (unpaired) electrons. The molecule has 0 saturated heterocycles.